The first-order chi connectivity index (χ1) is 14.1. The van der Waals surface area contributed by atoms with Crippen LogP contribution < -0.4 is 0 Å². The minimum absolute atomic E-state index is 0.0970. The predicted octanol–water partition coefficient (Wildman–Crippen LogP) is 4.81. The molecule has 0 bridgehead atoms. The second kappa shape index (κ2) is 8.06. The Bertz CT molecular complexity index is 649. The Morgan fingerprint density at radius 1 is 1.03 bits per heavy atom. The second-order valence-electron chi connectivity index (χ2n) is 12.0. The fraction of sp³-hybridized carbons (Fsp3) is 0.962. The van der Waals surface area contributed by atoms with Crippen LogP contribution in [0, 0.1) is 52.3 Å². The predicted molar refractivity (Wildman–Crippen MR) is 118 cm³/mol. The highest BCUT2D eigenvalue weighted by Gasteiger charge is 2.64. The van der Waals surface area contributed by atoms with Crippen LogP contribution in [-0.4, -0.2) is 35.5 Å². The molecule has 4 nitrogen and oxygen atoms in total. The lowest BCUT2D eigenvalue weighted by Gasteiger charge is -2.64. The van der Waals surface area contributed by atoms with Crippen molar-refractivity contribution in [2.45, 2.75) is 97.7 Å². The van der Waals surface area contributed by atoms with E-state index >= 15 is 0 Å². The van der Waals surface area contributed by atoms with Crippen LogP contribution in [0.3, 0.4) is 0 Å². The van der Waals surface area contributed by atoms with Crippen molar-refractivity contribution in [1.29, 1.82) is 0 Å². The molecule has 11 atom stereocenters. The molecule has 0 radical (unpaired) electrons. The van der Waals surface area contributed by atoms with Crippen molar-refractivity contribution < 1.29 is 19.7 Å². The summed E-state index contributed by atoms with van der Waals surface area (Å²) in [7, 11) is 1.48. The molecule has 0 unspecified atom stereocenters. The second-order valence-corrected chi connectivity index (χ2v) is 12.0. The molecule has 172 valence electrons. The molecule has 30 heavy (non-hydrogen) atoms. The molecule has 0 saturated heterocycles. The quantitative estimate of drug-likeness (QED) is 0.640. The normalized spacial score (nSPS) is 51.4. The number of carbonyl (C=O) groups excluding carboxylic acids is 1. The van der Waals surface area contributed by atoms with Gasteiger partial charge in [-0.15, -0.1) is 0 Å². The molecule has 4 aliphatic carbocycles. The molecule has 4 rings (SSSR count). The molecule has 0 heterocycles. The van der Waals surface area contributed by atoms with Crippen LogP contribution >= 0.6 is 0 Å². The number of aliphatic hydroxyl groups excluding tert-OH is 2. The maximum absolute atomic E-state index is 11.7. The van der Waals surface area contributed by atoms with E-state index in [1.165, 1.54) is 32.8 Å². The van der Waals surface area contributed by atoms with E-state index in [-0.39, 0.29) is 34.9 Å². The minimum Gasteiger partial charge on any atom is -0.469 e. The smallest absolute Gasteiger partial charge is 0.305 e. The molecule has 0 amide bonds. The Kier molecular flexibility index (Phi) is 6.07. The molecule has 4 fully saturated rings. The van der Waals surface area contributed by atoms with Gasteiger partial charge in [0.1, 0.15) is 0 Å². The van der Waals surface area contributed by atoms with Gasteiger partial charge in [0.25, 0.3) is 0 Å². The average molecular weight is 421 g/mol. The first kappa shape index (κ1) is 22.6. The highest BCUT2D eigenvalue weighted by atomic mass is 16.5. The molecule has 4 saturated carbocycles. The van der Waals surface area contributed by atoms with E-state index in [1.54, 1.807) is 0 Å². The SMILES string of the molecule is COC(=O)CC[C@@H](C)[C@H]1CC[C@H]2[C@@H]3[C@H](O)[C@H](C)[C@@H]4C[C@H](O)CC[C@]4(C)[C@H]3CC[C@]12C. The third kappa shape index (κ3) is 3.36. The van der Waals surface area contributed by atoms with Crippen LogP contribution in [0.15, 0.2) is 0 Å². The number of aliphatic hydroxyl groups is 2. The number of rotatable bonds is 4. The summed E-state index contributed by atoms with van der Waals surface area (Å²) in [5, 5.41) is 21.9. The zero-order chi connectivity index (χ0) is 21.8. The van der Waals surface area contributed by atoms with Crippen molar-refractivity contribution in [3.05, 3.63) is 0 Å². The summed E-state index contributed by atoms with van der Waals surface area (Å²) in [4.78, 5) is 11.7. The number of fused-ring (bicyclic) bond motifs is 5. The Labute approximate surface area is 183 Å². The number of hydrogen-bond donors (Lipinski definition) is 2. The summed E-state index contributed by atoms with van der Waals surface area (Å²) in [5.41, 5.74) is 0.535. The van der Waals surface area contributed by atoms with Crippen molar-refractivity contribution in [3.63, 3.8) is 0 Å². The van der Waals surface area contributed by atoms with Gasteiger partial charge in [-0.1, -0.05) is 27.7 Å². The summed E-state index contributed by atoms with van der Waals surface area (Å²) in [5.74, 6) is 3.33. The van der Waals surface area contributed by atoms with Gasteiger partial charge in [0.05, 0.1) is 19.3 Å². The molecule has 4 aliphatic rings. The maximum atomic E-state index is 11.7. The molecular weight excluding hydrogens is 376 g/mol. The molecule has 0 spiro atoms. The number of methoxy groups -OCH3 is 1. The zero-order valence-corrected chi connectivity index (χ0v) is 19.8. The van der Waals surface area contributed by atoms with Gasteiger partial charge in [-0.25, -0.2) is 0 Å². The van der Waals surface area contributed by atoms with Gasteiger partial charge in [-0.3, -0.25) is 4.79 Å². The van der Waals surface area contributed by atoms with Crippen molar-refractivity contribution >= 4 is 5.97 Å². The molecule has 0 aliphatic heterocycles. The Morgan fingerprint density at radius 3 is 2.40 bits per heavy atom. The van der Waals surface area contributed by atoms with Gasteiger partial charge in [-0.2, -0.15) is 0 Å². The Morgan fingerprint density at radius 2 is 1.70 bits per heavy atom. The van der Waals surface area contributed by atoms with Crippen LogP contribution in [0.2, 0.25) is 0 Å². The van der Waals surface area contributed by atoms with E-state index in [1.807, 2.05) is 0 Å². The number of ether oxygens (including phenoxy) is 1. The summed E-state index contributed by atoms with van der Waals surface area (Å²) >= 11 is 0. The lowest BCUT2D eigenvalue weighted by atomic mass is 9.42. The van der Waals surface area contributed by atoms with Crippen molar-refractivity contribution in [2.75, 3.05) is 7.11 Å². The maximum Gasteiger partial charge on any atom is 0.305 e. The third-order valence-electron chi connectivity index (χ3n) is 10.9. The fourth-order valence-electron chi connectivity index (χ4n) is 9.27. The Balaban J connectivity index is 1.56. The van der Waals surface area contributed by atoms with Gasteiger partial charge in [0, 0.05) is 6.42 Å². The van der Waals surface area contributed by atoms with Gasteiger partial charge < -0.3 is 14.9 Å². The minimum atomic E-state index is -0.243. The van der Waals surface area contributed by atoms with Gasteiger partial charge in [0.2, 0.25) is 0 Å². The molecule has 0 aromatic carbocycles. The van der Waals surface area contributed by atoms with Crippen molar-refractivity contribution in [1.82, 2.24) is 0 Å². The van der Waals surface area contributed by atoms with Crippen LogP contribution in [0.1, 0.15) is 85.5 Å². The molecular formula is C26H44O4. The highest BCUT2D eigenvalue weighted by molar-refractivity contribution is 5.69. The molecule has 0 aromatic rings. The van der Waals surface area contributed by atoms with E-state index in [9.17, 15) is 15.0 Å². The van der Waals surface area contributed by atoms with E-state index in [2.05, 4.69) is 27.7 Å². The van der Waals surface area contributed by atoms with Gasteiger partial charge in [0.15, 0.2) is 0 Å². The van der Waals surface area contributed by atoms with E-state index < -0.39 is 0 Å². The molecule has 4 heteroatoms. The van der Waals surface area contributed by atoms with Crippen LogP contribution in [0.25, 0.3) is 0 Å². The lowest BCUT2D eigenvalue weighted by molar-refractivity contribution is -0.199. The number of carbonyl (C=O) groups is 1. The number of esters is 1. The summed E-state index contributed by atoms with van der Waals surface area (Å²) < 4.78 is 4.87. The van der Waals surface area contributed by atoms with Gasteiger partial charge in [-0.05, 0) is 104 Å². The standard InChI is InChI=1S/C26H44O4/c1-15(6-9-22(28)30-5)18-7-8-19-23-20(11-13-25(18,19)3)26(4)12-10-17(27)14-21(26)16(2)24(23)29/h15-21,23-24,27,29H,6-14H2,1-5H3/t15-,16-,17-,18-,19+,20+,21+,23+,24-,25-,26-/m1/s1. The Hall–Kier alpha value is -0.610. The first-order valence-corrected chi connectivity index (χ1v) is 12.6. The summed E-state index contributed by atoms with van der Waals surface area (Å²) in [6.07, 6.45) is 8.81. The van der Waals surface area contributed by atoms with Crippen molar-refractivity contribution in [2.24, 2.45) is 52.3 Å². The van der Waals surface area contributed by atoms with Gasteiger partial charge >= 0.3 is 5.97 Å². The van der Waals surface area contributed by atoms with E-state index in [4.69, 9.17) is 4.74 Å². The first-order valence-electron chi connectivity index (χ1n) is 12.6. The fourth-order valence-corrected chi connectivity index (χ4v) is 9.27. The largest absolute Gasteiger partial charge is 0.469 e. The van der Waals surface area contributed by atoms with E-state index in [0.29, 0.717) is 41.9 Å². The highest BCUT2D eigenvalue weighted by Crippen LogP contribution is 2.69. The average Bonchev–Trinajstić information content (AvgIpc) is 3.08. The summed E-state index contributed by atoms with van der Waals surface area (Å²) in [6, 6.07) is 0. The molecule has 0 aromatic heterocycles. The lowest BCUT2D eigenvalue weighted by Crippen LogP contribution is -2.61. The summed E-state index contributed by atoms with van der Waals surface area (Å²) in [6.45, 7) is 9.56. The topological polar surface area (TPSA) is 66.8 Å². The monoisotopic (exact) mass is 420 g/mol. The third-order valence-corrected chi connectivity index (χ3v) is 10.9. The van der Waals surface area contributed by atoms with Crippen molar-refractivity contribution in [3.8, 4) is 0 Å². The number of hydrogen-bond acceptors (Lipinski definition) is 4. The zero-order valence-electron chi connectivity index (χ0n) is 19.8. The van der Waals surface area contributed by atoms with Crippen LogP contribution in [0.5, 0.6) is 0 Å². The van der Waals surface area contributed by atoms with E-state index in [0.717, 1.165) is 25.7 Å². The van der Waals surface area contributed by atoms with Crippen LogP contribution in [0.4, 0.5) is 0 Å². The van der Waals surface area contributed by atoms with Crippen LogP contribution in [-0.2, 0) is 9.53 Å². The molecule has 2 N–H and O–H groups in total.